The summed E-state index contributed by atoms with van der Waals surface area (Å²) in [7, 11) is -2.37. The van der Waals surface area contributed by atoms with E-state index in [0.29, 0.717) is 22.2 Å². The number of rotatable bonds is 3. The van der Waals surface area contributed by atoms with Crippen LogP contribution in [0.25, 0.3) is 16.9 Å². The Hall–Kier alpha value is -3.43. The Morgan fingerprint density at radius 2 is 1.78 bits per heavy atom. The van der Waals surface area contributed by atoms with Crippen LogP contribution < -0.4 is 5.30 Å². The number of carbonyl (C=O) groups is 1. The first-order valence-corrected chi connectivity index (χ1v) is 10.3. The van der Waals surface area contributed by atoms with E-state index in [9.17, 15) is 9.67 Å². The van der Waals surface area contributed by atoms with Gasteiger partial charge in [-0.1, -0.05) is 12.1 Å². The molecule has 0 bridgehead atoms. The molecule has 3 rings (SSSR count). The minimum atomic E-state index is -2.37. The Bertz CT molecular complexity index is 1020. The zero-order chi connectivity index (χ0) is 20.0. The van der Waals surface area contributed by atoms with E-state index in [1.54, 1.807) is 55.9 Å². The van der Waals surface area contributed by atoms with Gasteiger partial charge in [0.25, 0.3) is 6.47 Å². The second-order valence-corrected chi connectivity index (χ2v) is 9.03. The van der Waals surface area contributed by atoms with Gasteiger partial charge in [0.05, 0.1) is 23.4 Å². The summed E-state index contributed by atoms with van der Waals surface area (Å²) in [5.74, 6) is 0.390. The second kappa shape index (κ2) is 8.30. The number of nitriles is 1. The topological polar surface area (TPSA) is 129 Å². The number of hydrogen-bond donors (Lipinski definition) is 2. The predicted molar refractivity (Wildman–Crippen MR) is 101 cm³/mol. The molecule has 0 saturated heterocycles. The molecule has 0 aliphatic carbocycles. The summed E-state index contributed by atoms with van der Waals surface area (Å²) in [6.45, 7) is 3.11. The number of hydrogen-bond acceptors (Lipinski definition) is 6. The van der Waals surface area contributed by atoms with Crippen molar-refractivity contribution < 1.29 is 19.6 Å². The lowest BCUT2D eigenvalue weighted by Gasteiger charge is -2.08. The highest BCUT2D eigenvalue weighted by molar-refractivity contribution is 7.70. The maximum absolute atomic E-state index is 12.0. The summed E-state index contributed by atoms with van der Waals surface area (Å²) in [4.78, 5) is 12.6. The van der Waals surface area contributed by atoms with E-state index in [1.807, 2.05) is 0 Å². The Labute approximate surface area is 155 Å². The summed E-state index contributed by atoms with van der Waals surface area (Å²) in [5, 5.41) is 31.0. The van der Waals surface area contributed by atoms with E-state index in [1.165, 1.54) is 10.9 Å². The molecule has 0 aliphatic heterocycles. The van der Waals surface area contributed by atoms with Gasteiger partial charge in [-0.25, -0.2) is 4.98 Å². The fourth-order valence-corrected chi connectivity index (χ4v) is 3.03. The van der Waals surface area contributed by atoms with Crippen molar-refractivity contribution >= 4 is 18.9 Å². The van der Waals surface area contributed by atoms with Gasteiger partial charge in [0.2, 0.25) is 5.88 Å². The van der Waals surface area contributed by atoms with Crippen LogP contribution in [-0.2, 0) is 9.36 Å². The number of aromatic hydroxyl groups is 1. The summed E-state index contributed by atoms with van der Waals surface area (Å²) in [6, 6.07) is 12.3. The molecule has 27 heavy (non-hydrogen) atoms. The van der Waals surface area contributed by atoms with Crippen molar-refractivity contribution in [3.05, 3.63) is 54.4 Å². The van der Waals surface area contributed by atoms with E-state index in [4.69, 9.17) is 15.2 Å². The molecule has 0 aliphatic rings. The van der Waals surface area contributed by atoms with Crippen molar-refractivity contribution in [3.8, 4) is 28.9 Å². The van der Waals surface area contributed by atoms with Crippen LogP contribution in [0.15, 0.2) is 48.8 Å². The zero-order valence-electron chi connectivity index (χ0n) is 14.6. The van der Waals surface area contributed by atoms with Crippen LogP contribution in [0.3, 0.4) is 0 Å². The molecule has 2 N–H and O–H groups in total. The van der Waals surface area contributed by atoms with Crippen LogP contribution in [0.5, 0.6) is 5.88 Å². The third kappa shape index (κ3) is 4.60. The third-order valence-electron chi connectivity index (χ3n) is 3.64. The first kappa shape index (κ1) is 19.9. The van der Waals surface area contributed by atoms with Crippen LogP contribution in [0.4, 0.5) is 0 Å². The van der Waals surface area contributed by atoms with Gasteiger partial charge in [-0.2, -0.15) is 15.0 Å². The van der Waals surface area contributed by atoms with Gasteiger partial charge >= 0.3 is 0 Å². The first-order chi connectivity index (χ1) is 12.8. The van der Waals surface area contributed by atoms with E-state index >= 15 is 0 Å². The molecule has 1 aromatic carbocycles. The highest BCUT2D eigenvalue weighted by Crippen LogP contribution is 2.34. The average Bonchev–Trinajstić information content (AvgIpc) is 3.03. The lowest BCUT2D eigenvalue weighted by molar-refractivity contribution is -0.122. The SMILES string of the molecule is CP(C)(=O)c1ccc(-n2ncc(-c3ccc(C#N)cc3)c2O)nc1.O=CO. The molecule has 0 radical (unpaired) electrons. The van der Waals surface area contributed by atoms with Crippen molar-refractivity contribution in [1.29, 1.82) is 5.26 Å². The van der Waals surface area contributed by atoms with Gasteiger partial charge in [0.1, 0.15) is 7.14 Å². The Morgan fingerprint density at radius 3 is 2.26 bits per heavy atom. The molecule has 0 unspecified atom stereocenters. The van der Waals surface area contributed by atoms with Crippen LogP contribution in [0, 0.1) is 11.3 Å². The maximum atomic E-state index is 12.0. The average molecular weight is 384 g/mol. The molecule has 3 aromatic rings. The number of nitrogens with zero attached hydrogens (tertiary/aromatic N) is 4. The van der Waals surface area contributed by atoms with Crippen LogP contribution >= 0.6 is 7.14 Å². The van der Waals surface area contributed by atoms with Crippen molar-refractivity contribution in [3.63, 3.8) is 0 Å². The monoisotopic (exact) mass is 384 g/mol. The minimum Gasteiger partial charge on any atom is -0.493 e. The van der Waals surface area contributed by atoms with Crippen molar-refractivity contribution in [1.82, 2.24) is 14.8 Å². The molecule has 2 aromatic heterocycles. The lowest BCUT2D eigenvalue weighted by atomic mass is 10.1. The second-order valence-electron chi connectivity index (χ2n) is 5.81. The molecule has 0 saturated carbocycles. The van der Waals surface area contributed by atoms with E-state index < -0.39 is 7.14 Å². The minimum absolute atomic E-state index is 0.0452. The lowest BCUT2D eigenvalue weighted by Crippen LogP contribution is -2.07. The normalized spacial score (nSPS) is 10.4. The number of pyridine rings is 1. The quantitative estimate of drug-likeness (QED) is 0.524. The fraction of sp³-hybridized carbons (Fsp3) is 0.111. The smallest absolute Gasteiger partial charge is 0.290 e. The predicted octanol–water partition coefficient (Wildman–Crippen LogP) is 2.46. The van der Waals surface area contributed by atoms with Crippen LogP contribution in [0.1, 0.15) is 5.56 Å². The van der Waals surface area contributed by atoms with Gasteiger partial charge < -0.3 is 14.8 Å². The number of carboxylic acid groups (broad SMARTS) is 1. The first-order valence-electron chi connectivity index (χ1n) is 7.69. The molecule has 138 valence electrons. The molecule has 2 heterocycles. The van der Waals surface area contributed by atoms with Crippen molar-refractivity contribution in [2.24, 2.45) is 0 Å². The van der Waals surface area contributed by atoms with E-state index in [0.717, 1.165) is 5.56 Å². The Morgan fingerprint density at radius 1 is 1.15 bits per heavy atom. The standard InChI is InChI=1S/C17H15N4O2P.CH2O2/c1-24(2,23)14-7-8-16(19-10-14)21-17(22)15(11-20-21)13-5-3-12(9-18)4-6-13;2-1-3/h3-8,10-11,22H,1-2H3;1H,(H,2,3). The zero-order valence-corrected chi connectivity index (χ0v) is 15.5. The largest absolute Gasteiger partial charge is 0.493 e. The van der Waals surface area contributed by atoms with Crippen molar-refractivity contribution in [2.45, 2.75) is 0 Å². The molecule has 0 spiro atoms. The molecule has 0 fully saturated rings. The van der Waals surface area contributed by atoms with Gasteiger partial charge in [0.15, 0.2) is 5.82 Å². The van der Waals surface area contributed by atoms with Gasteiger partial charge in [-0.05, 0) is 43.2 Å². The van der Waals surface area contributed by atoms with E-state index in [2.05, 4.69) is 16.2 Å². The summed E-state index contributed by atoms with van der Waals surface area (Å²) < 4.78 is 13.4. The molecule has 0 amide bonds. The summed E-state index contributed by atoms with van der Waals surface area (Å²) in [5.41, 5.74) is 1.84. The Kier molecular flexibility index (Phi) is 6.11. The number of benzene rings is 1. The van der Waals surface area contributed by atoms with Gasteiger partial charge in [-0.15, -0.1) is 0 Å². The fourth-order valence-electron chi connectivity index (χ4n) is 2.26. The van der Waals surface area contributed by atoms with Crippen LogP contribution in [-0.4, -0.2) is 44.8 Å². The highest BCUT2D eigenvalue weighted by Gasteiger charge is 2.15. The summed E-state index contributed by atoms with van der Waals surface area (Å²) >= 11 is 0. The van der Waals surface area contributed by atoms with Crippen molar-refractivity contribution in [2.75, 3.05) is 13.3 Å². The molecule has 0 atom stereocenters. The highest BCUT2D eigenvalue weighted by atomic mass is 31.2. The number of aromatic nitrogens is 3. The molecular formula is C18H17N4O4P. The molecule has 8 nitrogen and oxygen atoms in total. The van der Waals surface area contributed by atoms with Gasteiger partial charge in [0, 0.05) is 11.5 Å². The molecular weight excluding hydrogens is 367 g/mol. The maximum Gasteiger partial charge on any atom is 0.290 e. The summed E-state index contributed by atoms with van der Waals surface area (Å²) in [6.07, 6.45) is 3.08. The van der Waals surface area contributed by atoms with Crippen LogP contribution in [0.2, 0.25) is 0 Å². The van der Waals surface area contributed by atoms with Gasteiger partial charge in [-0.3, -0.25) is 4.79 Å². The third-order valence-corrected chi connectivity index (χ3v) is 5.15. The van der Waals surface area contributed by atoms with E-state index in [-0.39, 0.29) is 12.4 Å². The Balaban J connectivity index is 0.000000817. The molecule has 9 heteroatoms.